The second kappa shape index (κ2) is 5.73. The molecule has 0 aromatic carbocycles. The highest BCUT2D eigenvalue weighted by molar-refractivity contribution is 7.99. The summed E-state index contributed by atoms with van der Waals surface area (Å²) in [6, 6.07) is 0. The lowest BCUT2D eigenvalue weighted by atomic mass is 10.2. The van der Waals surface area contributed by atoms with Crippen molar-refractivity contribution in [2.75, 3.05) is 6.54 Å². The third-order valence-corrected chi connectivity index (χ3v) is 4.57. The topological polar surface area (TPSA) is 43.8 Å². The molecular formula is C12H23N3S. The molecule has 0 amide bonds. The molecule has 16 heavy (non-hydrogen) atoms. The summed E-state index contributed by atoms with van der Waals surface area (Å²) in [6.07, 6.45) is 0.923. The van der Waals surface area contributed by atoms with Gasteiger partial charge in [0.2, 0.25) is 0 Å². The van der Waals surface area contributed by atoms with E-state index in [0.29, 0.717) is 17.7 Å². The summed E-state index contributed by atoms with van der Waals surface area (Å²) in [5.74, 6) is 0.672. The number of aryl methyl sites for hydroxylation is 2. The molecular weight excluding hydrogens is 218 g/mol. The Kier molecular flexibility index (Phi) is 4.87. The minimum absolute atomic E-state index is 0.603. The molecule has 0 aliphatic carbocycles. The lowest BCUT2D eigenvalue weighted by molar-refractivity contribution is 0.633. The minimum Gasteiger partial charge on any atom is -0.330 e. The summed E-state index contributed by atoms with van der Waals surface area (Å²) in [7, 11) is 2.02. The third kappa shape index (κ3) is 3.01. The molecule has 0 aliphatic rings. The van der Waals surface area contributed by atoms with Crippen molar-refractivity contribution in [3.8, 4) is 0 Å². The highest BCUT2D eigenvalue weighted by Gasteiger charge is 2.17. The zero-order valence-corrected chi connectivity index (χ0v) is 11.8. The Hall–Kier alpha value is -0.480. The van der Waals surface area contributed by atoms with E-state index in [4.69, 9.17) is 5.73 Å². The molecule has 0 radical (unpaired) electrons. The number of thioether (sulfide) groups is 1. The molecule has 0 fully saturated rings. The van der Waals surface area contributed by atoms with E-state index in [1.807, 2.05) is 23.5 Å². The number of rotatable bonds is 5. The summed E-state index contributed by atoms with van der Waals surface area (Å²) >= 11 is 1.91. The molecule has 1 unspecified atom stereocenters. The maximum atomic E-state index is 5.65. The summed E-state index contributed by atoms with van der Waals surface area (Å²) in [4.78, 5) is 0. The predicted molar refractivity (Wildman–Crippen MR) is 70.9 cm³/mol. The van der Waals surface area contributed by atoms with E-state index < -0.39 is 0 Å². The van der Waals surface area contributed by atoms with E-state index in [-0.39, 0.29) is 0 Å². The Morgan fingerprint density at radius 3 is 2.50 bits per heavy atom. The zero-order chi connectivity index (χ0) is 12.3. The van der Waals surface area contributed by atoms with Gasteiger partial charge in [0.15, 0.2) is 0 Å². The smallest absolute Gasteiger partial charge is 0.0974 e. The molecule has 1 heterocycles. The summed E-state index contributed by atoms with van der Waals surface area (Å²) in [5.41, 5.74) is 8.09. The van der Waals surface area contributed by atoms with E-state index in [9.17, 15) is 0 Å². The standard InChI is InChI=1S/C12H23N3S/c1-8(2)10(4)16-12-11(6-7-13)9(3)14-15(12)5/h8,10H,6-7,13H2,1-5H3. The average Bonchev–Trinajstić information content (AvgIpc) is 2.45. The SMILES string of the molecule is Cc1nn(C)c(SC(C)C(C)C)c1CCN. The first-order valence-corrected chi connectivity index (χ1v) is 6.74. The Morgan fingerprint density at radius 1 is 1.38 bits per heavy atom. The van der Waals surface area contributed by atoms with Crippen molar-refractivity contribution in [2.24, 2.45) is 18.7 Å². The Balaban J connectivity index is 2.93. The van der Waals surface area contributed by atoms with Crippen molar-refractivity contribution in [1.29, 1.82) is 0 Å². The fourth-order valence-electron chi connectivity index (χ4n) is 1.57. The molecule has 1 aromatic rings. The lowest BCUT2D eigenvalue weighted by Gasteiger charge is -2.16. The van der Waals surface area contributed by atoms with Gasteiger partial charge in [-0.15, -0.1) is 11.8 Å². The van der Waals surface area contributed by atoms with Crippen molar-refractivity contribution >= 4 is 11.8 Å². The van der Waals surface area contributed by atoms with Crippen LogP contribution in [0.2, 0.25) is 0 Å². The Morgan fingerprint density at radius 2 is 2.00 bits per heavy atom. The van der Waals surface area contributed by atoms with Crippen LogP contribution < -0.4 is 5.73 Å². The predicted octanol–water partition coefficient (Wildman–Crippen LogP) is 2.37. The minimum atomic E-state index is 0.603. The van der Waals surface area contributed by atoms with Crippen LogP contribution in [0.5, 0.6) is 0 Å². The monoisotopic (exact) mass is 241 g/mol. The van der Waals surface area contributed by atoms with Gasteiger partial charge >= 0.3 is 0 Å². The quantitative estimate of drug-likeness (QED) is 0.805. The third-order valence-electron chi connectivity index (χ3n) is 2.92. The maximum Gasteiger partial charge on any atom is 0.0974 e. The number of aromatic nitrogens is 2. The number of nitrogens with zero attached hydrogens (tertiary/aromatic N) is 2. The number of nitrogens with two attached hydrogens (primary N) is 1. The van der Waals surface area contributed by atoms with Crippen LogP contribution in [0.1, 0.15) is 32.0 Å². The molecule has 0 bridgehead atoms. The molecule has 1 atom stereocenters. The largest absolute Gasteiger partial charge is 0.330 e. The van der Waals surface area contributed by atoms with Gasteiger partial charge in [-0.05, 0) is 25.8 Å². The van der Waals surface area contributed by atoms with E-state index >= 15 is 0 Å². The zero-order valence-electron chi connectivity index (χ0n) is 10.9. The average molecular weight is 241 g/mol. The molecule has 2 N–H and O–H groups in total. The number of hydrogen-bond donors (Lipinski definition) is 1. The Labute approximate surface area is 103 Å². The maximum absolute atomic E-state index is 5.65. The van der Waals surface area contributed by atoms with E-state index in [0.717, 1.165) is 12.1 Å². The highest BCUT2D eigenvalue weighted by Crippen LogP contribution is 2.31. The molecule has 92 valence electrons. The van der Waals surface area contributed by atoms with Crippen LogP contribution in [0.4, 0.5) is 0 Å². The van der Waals surface area contributed by atoms with Gasteiger partial charge in [-0.3, -0.25) is 4.68 Å². The second-order valence-electron chi connectivity index (χ2n) is 4.60. The first-order chi connectivity index (χ1) is 7.47. The Bertz CT molecular complexity index is 344. The molecule has 1 aromatic heterocycles. The summed E-state index contributed by atoms with van der Waals surface area (Å²) < 4.78 is 1.99. The highest BCUT2D eigenvalue weighted by atomic mass is 32.2. The van der Waals surface area contributed by atoms with Crippen molar-refractivity contribution in [1.82, 2.24) is 9.78 Å². The van der Waals surface area contributed by atoms with Gasteiger partial charge in [0.25, 0.3) is 0 Å². The van der Waals surface area contributed by atoms with Crippen LogP contribution in [-0.2, 0) is 13.5 Å². The first-order valence-electron chi connectivity index (χ1n) is 5.86. The second-order valence-corrected chi connectivity index (χ2v) is 5.96. The molecule has 0 saturated carbocycles. The molecule has 1 rings (SSSR count). The lowest BCUT2D eigenvalue weighted by Crippen LogP contribution is -2.09. The van der Waals surface area contributed by atoms with Crippen molar-refractivity contribution in [3.05, 3.63) is 11.3 Å². The molecule has 0 spiro atoms. The van der Waals surface area contributed by atoms with Gasteiger partial charge in [0.05, 0.1) is 10.7 Å². The van der Waals surface area contributed by atoms with Crippen LogP contribution in [0.15, 0.2) is 5.03 Å². The first kappa shape index (κ1) is 13.6. The number of hydrogen-bond acceptors (Lipinski definition) is 3. The van der Waals surface area contributed by atoms with Gasteiger partial charge in [-0.25, -0.2) is 0 Å². The van der Waals surface area contributed by atoms with Crippen molar-refractivity contribution < 1.29 is 0 Å². The van der Waals surface area contributed by atoms with Gasteiger partial charge in [-0.1, -0.05) is 20.8 Å². The van der Waals surface area contributed by atoms with E-state index in [1.165, 1.54) is 10.6 Å². The van der Waals surface area contributed by atoms with Gasteiger partial charge in [0.1, 0.15) is 0 Å². The van der Waals surface area contributed by atoms with Crippen LogP contribution in [0, 0.1) is 12.8 Å². The van der Waals surface area contributed by atoms with Crippen molar-refractivity contribution in [3.63, 3.8) is 0 Å². The van der Waals surface area contributed by atoms with Crippen LogP contribution >= 0.6 is 11.8 Å². The van der Waals surface area contributed by atoms with Crippen molar-refractivity contribution in [2.45, 2.75) is 44.4 Å². The van der Waals surface area contributed by atoms with E-state index in [1.54, 1.807) is 0 Å². The summed E-state index contributed by atoms with van der Waals surface area (Å²) in [5, 5.41) is 6.37. The summed E-state index contributed by atoms with van der Waals surface area (Å²) in [6.45, 7) is 9.53. The van der Waals surface area contributed by atoms with Crippen LogP contribution in [0.25, 0.3) is 0 Å². The van der Waals surface area contributed by atoms with Crippen LogP contribution in [-0.4, -0.2) is 21.6 Å². The molecule has 3 nitrogen and oxygen atoms in total. The fraction of sp³-hybridized carbons (Fsp3) is 0.750. The molecule has 4 heteroatoms. The fourth-order valence-corrected chi connectivity index (χ4v) is 2.78. The van der Waals surface area contributed by atoms with E-state index in [2.05, 4.69) is 32.8 Å². The molecule has 0 saturated heterocycles. The van der Waals surface area contributed by atoms with Crippen LogP contribution in [0.3, 0.4) is 0 Å². The van der Waals surface area contributed by atoms with Gasteiger partial charge < -0.3 is 5.73 Å². The van der Waals surface area contributed by atoms with Gasteiger partial charge in [-0.2, -0.15) is 5.10 Å². The van der Waals surface area contributed by atoms with Gasteiger partial charge in [0, 0.05) is 17.9 Å². The molecule has 0 aliphatic heterocycles. The normalized spacial score (nSPS) is 13.4.